The quantitative estimate of drug-likeness (QED) is 0.788. The number of nitrogens with zero attached hydrogens (tertiary/aromatic N) is 1. The van der Waals surface area contributed by atoms with Crippen molar-refractivity contribution in [2.75, 3.05) is 13.1 Å². The lowest BCUT2D eigenvalue weighted by Crippen LogP contribution is -2.66. The van der Waals surface area contributed by atoms with Crippen molar-refractivity contribution in [3.63, 3.8) is 0 Å². The highest BCUT2D eigenvalue weighted by Gasteiger charge is 2.51. The number of piperidine rings is 1. The Bertz CT molecular complexity index is 380. The zero-order chi connectivity index (χ0) is 15.8. The number of likely N-dealkylation sites (tertiary alicyclic amines) is 1. The molecule has 2 rings (SSSR count). The molecule has 4 unspecified atom stereocenters. The summed E-state index contributed by atoms with van der Waals surface area (Å²) < 4.78 is 0. The summed E-state index contributed by atoms with van der Waals surface area (Å²) in [6, 6.07) is 0.792. The van der Waals surface area contributed by atoms with Gasteiger partial charge < -0.3 is 5.73 Å². The second kappa shape index (κ2) is 6.25. The predicted molar refractivity (Wildman–Crippen MR) is 86.9 cm³/mol. The van der Waals surface area contributed by atoms with Gasteiger partial charge in [0.1, 0.15) is 5.54 Å². The van der Waals surface area contributed by atoms with Gasteiger partial charge in [0.15, 0.2) is 0 Å². The van der Waals surface area contributed by atoms with E-state index in [2.05, 4.69) is 44.8 Å². The van der Waals surface area contributed by atoms with Crippen LogP contribution in [0.2, 0.25) is 0 Å². The van der Waals surface area contributed by atoms with Crippen LogP contribution in [0.25, 0.3) is 0 Å². The van der Waals surface area contributed by atoms with Gasteiger partial charge >= 0.3 is 0 Å². The standard InChI is InChI=1S/C17H33N3O/c1-11(2)19-17(16(18)21,15-6-7-15)10-20-9-12(3)8-13(4)14(20)5/h11-15,19H,6-10H2,1-5H3,(H2,18,21). The van der Waals surface area contributed by atoms with Gasteiger partial charge in [0.05, 0.1) is 0 Å². The minimum absolute atomic E-state index is 0.170. The van der Waals surface area contributed by atoms with Crippen LogP contribution in [-0.2, 0) is 4.79 Å². The van der Waals surface area contributed by atoms with Crippen LogP contribution in [-0.4, -0.2) is 41.5 Å². The topological polar surface area (TPSA) is 58.4 Å². The lowest BCUT2D eigenvalue weighted by molar-refractivity contribution is -0.127. The van der Waals surface area contributed by atoms with Gasteiger partial charge in [-0.25, -0.2) is 0 Å². The molecular weight excluding hydrogens is 262 g/mol. The van der Waals surface area contributed by atoms with Crippen LogP contribution in [0.15, 0.2) is 0 Å². The van der Waals surface area contributed by atoms with Gasteiger partial charge in [0, 0.05) is 25.2 Å². The molecule has 4 heteroatoms. The number of carbonyl (C=O) groups excluding carboxylic acids is 1. The summed E-state index contributed by atoms with van der Waals surface area (Å²) in [4.78, 5) is 14.8. The molecule has 0 aromatic heterocycles. The third-order valence-electron chi connectivity index (χ3n) is 5.43. The van der Waals surface area contributed by atoms with E-state index in [0.717, 1.165) is 25.9 Å². The van der Waals surface area contributed by atoms with Crippen LogP contribution in [0.5, 0.6) is 0 Å². The van der Waals surface area contributed by atoms with Crippen molar-refractivity contribution in [3.8, 4) is 0 Å². The number of rotatable bonds is 6. The Morgan fingerprint density at radius 3 is 2.43 bits per heavy atom. The summed E-state index contributed by atoms with van der Waals surface area (Å²) in [5.74, 6) is 1.62. The Balaban J connectivity index is 2.19. The normalized spacial score (nSPS) is 33.9. The first-order valence-corrected chi connectivity index (χ1v) is 8.58. The highest BCUT2D eigenvalue weighted by Crippen LogP contribution is 2.41. The molecule has 1 aliphatic carbocycles. The zero-order valence-corrected chi connectivity index (χ0v) is 14.4. The van der Waals surface area contributed by atoms with Crippen LogP contribution in [0, 0.1) is 17.8 Å². The molecule has 122 valence electrons. The van der Waals surface area contributed by atoms with E-state index in [0.29, 0.717) is 23.8 Å². The smallest absolute Gasteiger partial charge is 0.239 e. The minimum Gasteiger partial charge on any atom is -0.368 e. The lowest BCUT2D eigenvalue weighted by atomic mass is 9.83. The third kappa shape index (κ3) is 3.59. The number of nitrogens with one attached hydrogen (secondary N) is 1. The molecule has 4 nitrogen and oxygen atoms in total. The van der Waals surface area contributed by atoms with Crippen molar-refractivity contribution < 1.29 is 4.79 Å². The Kier molecular flexibility index (Phi) is 4.99. The number of hydrogen-bond donors (Lipinski definition) is 2. The van der Waals surface area contributed by atoms with Crippen LogP contribution < -0.4 is 11.1 Å². The fourth-order valence-corrected chi connectivity index (χ4v) is 4.10. The molecule has 1 amide bonds. The predicted octanol–water partition coefficient (Wildman–Crippen LogP) is 1.98. The summed E-state index contributed by atoms with van der Waals surface area (Å²) in [5.41, 5.74) is 5.32. The molecule has 1 saturated carbocycles. The molecule has 1 aliphatic heterocycles. The van der Waals surface area contributed by atoms with E-state index in [-0.39, 0.29) is 11.9 Å². The van der Waals surface area contributed by atoms with Crippen molar-refractivity contribution >= 4 is 5.91 Å². The molecule has 4 atom stereocenters. The highest BCUT2D eigenvalue weighted by atomic mass is 16.1. The maximum Gasteiger partial charge on any atom is 0.239 e. The molecule has 0 aromatic rings. The number of hydrogen-bond acceptors (Lipinski definition) is 3. The lowest BCUT2D eigenvalue weighted by Gasteiger charge is -2.46. The van der Waals surface area contributed by atoms with Crippen LogP contribution >= 0.6 is 0 Å². The molecule has 1 heterocycles. The molecule has 2 aliphatic rings. The molecule has 3 N–H and O–H groups in total. The van der Waals surface area contributed by atoms with Crippen molar-refractivity contribution in [1.29, 1.82) is 0 Å². The van der Waals surface area contributed by atoms with Gasteiger partial charge in [-0.1, -0.05) is 13.8 Å². The van der Waals surface area contributed by atoms with Gasteiger partial charge in [-0.2, -0.15) is 0 Å². The van der Waals surface area contributed by atoms with Gasteiger partial charge in [0.25, 0.3) is 0 Å². The summed E-state index contributed by atoms with van der Waals surface area (Å²) in [5, 5.41) is 3.54. The fourth-order valence-electron chi connectivity index (χ4n) is 4.10. The maximum atomic E-state index is 12.3. The first-order valence-electron chi connectivity index (χ1n) is 8.58. The SMILES string of the molecule is CC1CC(C)C(C)N(CC(NC(C)C)(C(N)=O)C2CC2)C1. The van der Waals surface area contributed by atoms with Crippen LogP contribution in [0.1, 0.15) is 53.9 Å². The average Bonchev–Trinajstić information content (AvgIpc) is 3.17. The molecule has 0 spiro atoms. The van der Waals surface area contributed by atoms with Gasteiger partial charge in [-0.3, -0.25) is 15.0 Å². The Labute approximate surface area is 129 Å². The monoisotopic (exact) mass is 295 g/mol. The fraction of sp³-hybridized carbons (Fsp3) is 0.941. The van der Waals surface area contributed by atoms with E-state index < -0.39 is 5.54 Å². The molecule has 0 radical (unpaired) electrons. The third-order valence-corrected chi connectivity index (χ3v) is 5.43. The highest BCUT2D eigenvalue weighted by molar-refractivity contribution is 5.86. The van der Waals surface area contributed by atoms with Crippen molar-refractivity contribution in [2.24, 2.45) is 23.5 Å². The van der Waals surface area contributed by atoms with E-state index in [9.17, 15) is 4.79 Å². The largest absolute Gasteiger partial charge is 0.368 e. The molecular formula is C17H33N3O. The number of carbonyl (C=O) groups is 1. The van der Waals surface area contributed by atoms with E-state index in [4.69, 9.17) is 5.73 Å². The van der Waals surface area contributed by atoms with Crippen molar-refractivity contribution in [2.45, 2.75) is 71.5 Å². The van der Waals surface area contributed by atoms with E-state index in [1.165, 1.54) is 6.42 Å². The Hall–Kier alpha value is -0.610. The minimum atomic E-state index is -0.542. The summed E-state index contributed by atoms with van der Waals surface area (Å²) in [6.07, 6.45) is 3.52. The molecule has 0 aromatic carbocycles. The number of amides is 1. The molecule has 2 fully saturated rings. The number of primary amides is 1. The van der Waals surface area contributed by atoms with E-state index in [1.54, 1.807) is 0 Å². The molecule has 21 heavy (non-hydrogen) atoms. The van der Waals surface area contributed by atoms with Crippen molar-refractivity contribution in [3.05, 3.63) is 0 Å². The molecule has 1 saturated heterocycles. The molecule has 0 bridgehead atoms. The first kappa shape index (κ1) is 16.8. The Morgan fingerprint density at radius 2 is 1.95 bits per heavy atom. The number of nitrogens with two attached hydrogens (primary N) is 1. The van der Waals surface area contributed by atoms with Crippen molar-refractivity contribution in [1.82, 2.24) is 10.2 Å². The van der Waals surface area contributed by atoms with E-state index >= 15 is 0 Å². The van der Waals surface area contributed by atoms with Crippen LogP contribution in [0.3, 0.4) is 0 Å². The second-order valence-corrected chi connectivity index (χ2v) is 7.90. The zero-order valence-electron chi connectivity index (χ0n) is 14.4. The Morgan fingerprint density at radius 1 is 1.33 bits per heavy atom. The summed E-state index contributed by atoms with van der Waals surface area (Å²) >= 11 is 0. The van der Waals surface area contributed by atoms with Gasteiger partial charge in [-0.15, -0.1) is 0 Å². The maximum absolute atomic E-state index is 12.3. The average molecular weight is 295 g/mol. The van der Waals surface area contributed by atoms with E-state index in [1.807, 2.05) is 0 Å². The van der Waals surface area contributed by atoms with Crippen LogP contribution in [0.4, 0.5) is 0 Å². The van der Waals surface area contributed by atoms with Gasteiger partial charge in [-0.05, 0) is 57.8 Å². The van der Waals surface area contributed by atoms with Gasteiger partial charge in [0.2, 0.25) is 5.91 Å². The summed E-state index contributed by atoms with van der Waals surface area (Å²) in [6.45, 7) is 13.0. The second-order valence-electron chi connectivity index (χ2n) is 7.90. The first-order chi connectivity index (χ1) is 9.76. The summed E-state index contributed by atoms with van der Waals surface area (Å²) in [7, 11) is 0.